The summed E-state index contributed by atoms with van der Waals surface area (Å²) in [5.74, 6) is 0.740. The molecule has 0 spiro atoms. The van der Waals surface area contributed by atoms with Gasteiger partial charge in [0.2, 0.25) is 0 Å². The molecule has 3 aromatic heterocycles. The summed E-state index contributed by atoms with van der Waals surface area (Å²) in [6, 6.07) is 3.78. The van der Waals surface area contributed by atoms with E-state index in [4.69, 9.17) is 0 Å². The van der Waals surface area contributed by atoms with E-state index < -0.39 is 0 Å². The number of hydrogen-bond donors (Lipinski definition) is 1. The first-order valence-electron chi connectivity index (χ1n) is 6.22. The molecule has 19 heavy (non-hydrogen) atoms. The lowest BCUT2D eigenvalue weighted by Gasteiger charge is -2.03. The highest BCUT2D eigenvalue weighted by Crippen LogP contribution is 2.16. The van der Waals surface area contributed by atoms with Gasteiger partial charge in [-0.1, -0.05) is 6.92 Å². The number of aromatic nitrogens is 5. The van der Waals surface area contributed by atoms with E-state index in [0.717, 1.165) is 30.0 Å². The number of fused-ring (bicyclic) bond motifs is 1. The van der Waals surface area contributed by atoms with Gasteiger partial charge in [-0.05, 0) is 18.6 Å². The molecule has 0 amide bonds. The highest BCUT2D eigenvalue weighted by atomic mass is 15.3. The number of hydrogen-bond acceptors (Lipinski definition) is 5. The zero-order valence-electron chi connectivity index (χ0n) is 10.6. The molecule has 0 unspecified atom stereocenters. The number of aryl methyl sites for hydroxylation is 1. The molecule has 0 aromatic carbocycles. The molecule has 0 aliphatic carbocycles. The largest absolute Gasteiger partial charge is 0.338 e. The molecule has 1 N–H and O–H groups in total. The zero-order chi connectivity index (χ0) is 13.1. The lowest BCUT2D eigenvalue weighted by molar-refractivity contribution is 0.603. The summed E-state index contributed by atoms with van der Waals surface area (Å²) in [7, 11) is 0. The molecule has 0 fully saturated rings. The Bertz CT molecular complexity index is 690. The van der Waals surface area contributed by atoms with Crippen molar-refractivity contribution < 1.29 is 0 Å². The van der Waals surface area contributed by atoms with Crippen LogP contribution in [0.3, 0.4) is 0 Å². The van der Waals surface area contributed by atoms with E-state index in [2.05, 4.69) is 32.3 Å². The van der Waals surface area contributed by atoms with Crippen molar-refractivity contribution in [3.8, 4) is 0 Å². The van der Waals surface area contributed by atoms with Crippen LogP contribution in [0.4, 0.5) is 11.5 Å². The zero-order valence-corrected chi connectivity index (χ0v) is 10.6. The molecule has 0 atom stereocenters. The smallest absolute Gasteiger partial charge is 0.180 e. The van der Waals surface area contributed by atoms with Gasteiger partial charge in [0.1, 0.15) is 11.3 Å². The summed E-state index contributed by atoms with van der Waals surface area (Å²) in [5, 5.41) is 7.48. The van der Waals surface area contributed by atoms with Crippen LogP contribution in [-0.4, -0.2) is 24.7 Å². The molecule has 3 rings (SSSR count). The number of rotatable bonds is 4. The number of anilines is 2. The summed E-state index contributed by atoms with van der Waals surface area (Å²) in [6.45, 7) is 3.04. The summed E-state index contributed by atoms with van der Waals surface area (Å²) in [5.41, 5.74) is 2.34. The maximum absolute atomic E-state index is 4.40. The maximum Gasteiger partial charge on any atom is 0.180 e. The van der Waals surface area contributed by atoms with Crippen LogP contribution >= 0.6 is 0 Å². The Labute approximate surface area is 110 Å². The van der Waals surface area contributed by atoms with Gasteiger partial charge in [0.15, 0.2) is 5.65 Å². The fraction of sp³-hybridized carbons (Fsp3) is 0.231. The lowest BCUT2D eigenvalue weighted by Crippen LogP contribution is -1.96. The van der Waals surface area contributed by atoms with Crippen molar-refractivity contribution in [1.82, 2.24) is 24.7 Å². The normalized spacial score (nSPS) is 10.8. The minimum atomic E-state index is 0.633. The van der Waals surface area contributed by atoms with Crippen LogP contribution in [0.2, 0.25) is 0 Å². The van der Waals surface area contributed by atoms with Gasteiger partial charge >= 0.3 is 0 Å². The summed E-state index contributed by atoms with van der Waals surface area (Å²) < 4.78 is 1.91. The Hall–Kier alpha value is -2.50. The van der Waals surface area contributed by atoms with E-state index in [9.17, 15) is 0 Å². The molecular formula is C13H14N6. The van der Waals surface area contributed by atoms with Crippen LogP contribution in [0.25, 0.3) is 11.2 Å². The van der Waals surface area contributed by atoms with Gasteiger partial charge in [0.25, 0.3) is 0 Å². The quantitative estimate of drug-likeness (QED) is 0.774. The van der Waals surface area contributed by atoms with Crippen molar-refractivity contribution >= 4 is 22.7 Å². The second-order valence-electron chi connectivity index (χ2n) is 4.21. The van der Waals surface area contributed by atoms with Crippen LogP contribution < -0.4 is 5.32 Å². The van der Waals surface area contributed by atoms with E-state index in [1.165, 1.54) is 0 Å². The standard InChI is InChI=1S/C13H14N6/c1-2-7-19-9-10(8-16-19)17-12-4-3-11-13(18-12)15-6-5-14-11/h3-6,8-9H,2,7H2,1H3,(H,15,17,18). The fourth-order valence-corrected chi connectivity index (χ4v) is 1.85. The van der Waals surface area contributed by atoms with Crippen molar-refractivity contribution in [3.05, 3.63) is 36.9 Å². The Kier molecular flexibility index (Phi) is 3.06. The van der Waals surface area contributed by atoms with Crippen LogP contribution in [0.1, 0.15) is 13.3 Å². The van der Waals surface area contributed by atoms with Crippen molar-refractivity contribution in [3.63, 3.8) is 0 Å². The third-order valence-electron chi connectivity index (χ3n) is 2.69. The Balaban J connectivity index is 1.83. The maximum atomic E-state index is 4.40. The number of nitrogens with one attached hydrogen (secondary N) is 1. The molecule has 96 valence electrons. The van der Waals surface area contributed by atoms with Crippen LogP contribution in [-0.2, 0) is 6.54 Å². The second-order valence-corrected chi connectivity index (χ2v) is 4.21. The monoisotopic (exact) mass is 254 g/mol. The van der Waals surface area contributed by atoms with Crippen molar-refractivity contribution in [2.45, 2.75) is 19.9 Å². The average molecular weight is 254 g/mol. The van der Waals surface area contributed by atoms with Gasteiger partial charge in [0, 0.05) is 25.1 Å². The molecule has 0 saturated heterocycles. The van der Waals surface area contributed by atoms with Crippen LogP contribution in [0.5, 0.6) is 0 Å². The van der Waals surface area contributed by atoms with Crippen LogP contribution in [0.15, 0.2) is 36.9 Å². The SMILES string of the molecule is CCCn1cc(Nc2ccc3nccnc3n2)cn1. The topological polar surface area (TPSA) is 68.5 Å². The highest BCUT2D eigenvalue weighted by Gasteiger charge is 2.02. The lowest BCUT2D eigenvalue weighted by atomic mass is 10.4. The van der Waals surface area contributed by atoms with Gasteiger partial charge in [-0.15, -0.1) is 0 Å². The van der Waals surface area contributed by atoms with E-state index in [0.29, 0.717) is 5.65 Å². The number of nitrogens with zero attached hydrogens (tertiary/aromatic N) is 5. The van der Waals surface area contributed by atoms with Gasteiger partial charge in [-0.3, -0.25) is 9.67 Å². The van der Waals surface area contributed by atoms with Gasteiger partial charge in [-0.2, -0.15) is 5.10 Å². The third-order valence-corrected chi connectivity index (χ3v) is 2.69. The third kappa shape index (κ3) is 2.52. The van der Waals surface area contributed by atoms with E-state index in [-0.39, 0.29) is 0 Å². The average Bonchev–Trinajstić information content (AvgIpc) is 2.86. The van der Waals surface area contributed by atoms with Crippen molar-refractivity contribution in [2.24, 2.45) is 0 Å². The Morgan fingerprint density at radius 1 is 1.21 bits per heavy atom. The Morgan fingerprint density at radius 3 is 3.00 bits per heavy atom. The highest BCUT2D eigenvalue weighted by molar-refractivity contribution is 5.72. The molecule has 3 heterocycles. The van der Waals surface area contributed by atoms with Crippen LogP contribution in [0, 0.1) is 0 Å². The minimum Gasteiger partial charge on any atom is -0.338 e. The molecule has 0 radical (unpaired) electrons. The predicted octanol–water partition coefficient (Wildman–Crippen LogP) is 2.37. The molecule has 6 heteroatoms. The summed E-state index contributed by atoms with van der Waals surface area (Å²) >= 11 is 0. The van der Waals surface area contributed by atoms with E-state index in [1.54, 1.807) is 18.6 Å². The molecule has 0 bridgehead atoms. The molecule has 3 aromatic rings. The van der Waals surface area contributed by atoms with Gasteiger partial charge in [0.05, 0.1) is 11.9 Å². The van der Waals surface area contributed by atoms with Crippen molar-refractivity contribution in [2.75, 3.05) is 5.32 Å². The molecule has 0 saturated carbocycles. The first-order chi connectivity index (χ1) is 9.35. The molecule has 0 aliphatic heterocycles. The van der Waals surface area contributed by atoms with E-state index in [1.807, 2.05) is 23.0 Å². The molecular weight excluding hydrogens is 240 g/mol. The molecule has 6 nitrogen and oxygen atoms in total. The van der Waals surface area contributed by atoms with Crippen molar-refractivity contribution in [1.29, 1.82) is 0 Å². The van der Waals surface area contributed by atoms with E-state index >= 15 is 0 Å². The fourth-order valence-electron chi connectivity index (χ4n) is 1.85. The Morgan fingerprint density at radius 2 is 2.11 bits per heavy atom. The summed E-state index contributed by atoms with van der Waals surface area (Å²) in [6.07, 6.45) is 8.11. The number of pyridine rings is 1. The van der Waals surface area contributed by atoms with Gasteiger partial charge < -0.3 is 5.32 Å². The predicted molar refractivity (Wildman–Crippen MR) is 73.1 cm³/mol. The minimum absolute atomic E-state index is 0.633. The first kappa shape index (κ1) is 11.6. The molecule has 0 aliphatic rings. The summed E-state index contributed by atoms with van der Waals surface area (Å²) in [4.78, 5) is 12.8. The first-order valence-corrected chi connectivity index (χ1v) is 6.22. The van der Waals surface area contributed by atoms with Gasteiger partial charge in [-0.25, -0.2) is 9.97 Å². The second kappa shape index (κ2) is 5.01.